The zero-order chi connectivity index (χ0) is 18.8. The molecule has 0 saturated carbocycles. The Morgan fingerprint density at radius 3 is 2.50 bits per heavy atom. The van der Waals surface area contributed by atoms with Gasteiger partial charge < -0.3 is 19.9 Å². The molecule has 0 aliphatic heterocycles. The number of methoxy groups -OCH3 is 1. The van der Waals surface area contributed by atoms with Crippen molar-refractivity contribution in [3.63, 3.8) is 0 Å². The summed E-state index contributed by atoms with van der Waals surface area (Å²) >= 11 is 0. The predicted molar refractivity (Wildman–Crippen MR) is 104 cm³/mol. The number of ether oxygens (including phenoxy) is 1. The molecule has 2 aromatic rings. The van der Waals surface area contributed by atoms with Crippen molar-refractivity contribution < 1.29 is 9.26 Å². The molecule has 0 unspecified atom stereocenters. The molecule has 2 rings (SSSR count). The average Bonchev–Trinajstić information content (AvgIpc) is 3.14. The second-order valence-corrected chi connectivity index (χ2v) is 6.13. The van der Waals surface area contributed by atoms with E-state index < -0.39 is 0 Å². The van der Waals surface area contributed by atoms with Crippen LogP contribution in [0.5, 0.6) is 5.75 Å². The highest BCUT2D eigenvalue weighted by atomic mass is 16.5. The first-order valence-corrected chi connectivity index (χ1v) is 9.30. The van der Waals surface area contributed by atoms with E-state index in [1.54, 1.807) is 7.11 Å². The van der Waals surface area contributed by atoms with Crippen LogP contribution in [0.25, 0.3) is 0 Å². The third kappa shape index (κ3) is 5.79. The Bertz CT molecular complexity index is 675. The van der Waals surface area contributed by atoms with E-state index in [0.29, 0.717) is 19.0 Å². The highest BCUT2D eigenvalue weighted by Crippen LogP contribution is 2.22. The molecule has 0 fully saturated rings. The number of guanidine groups is 1. The van der Waals surface area contributed by atoms with Gasteiger partial charge >= 0.3 is 0 Å². The lowest BCUT2D eigenvalue weighted by atomic mass is 9.99. The average molecular weight is 358 g/mol. The molecule has 0 radical (unpaired) electrons. The van der Waals surface area contributed by atoms with Gasteiger partial charge in [0.1, 0.15) is 5.75 Å². The minimum absolute atomic E-state index is 0.462. The van der Waals surface area contributed by atoms with Gasteiger partial charge in [-0.1, -0.05) is 31.1 Å². The molecule has 0 aliphatic rings. The van der Waals surface area contributed by atoms with Crippen molar-refractivity contribution in [2.24, 2.45) is 4.99 Å². The van der Waals surface area contributed by atoms with Crippen LogP contribution in [0, 0.1) is 0 Å². The van der Waals surface area contributed by atoms with Crippen molar-refractivity contribution >= 4 is 5.96 Å². The highest BCUT2D eigenvalue weighted by molar-refractivity contribution is 5.79. The maximum absolute atomic E-state index is 5.46. The maximum Gasteiger partial charge on any atom is 0.191 e. The van der Waals surface area contributed by atoms with Crippen LogP contribution < -0.4 is 15.4 Å². The number of benzene rings is 1. The van der Waals surface area contributed by atoms with Gasteiger partial charge in [0.05, 0.1) is 25.9 Å². The largest absolute Gasteiger partial charge is 0.497 e. The van der Waals surface area contributed by atoms with Gasteiger partial charge in [-0.3, -0.25) is 0 Å². The summed E-state index contributed by atoms with van der Waals surface area (Å²) in [6, 6.07) is 9.96. The van der Waals surface area contributed by atoms with Gasteiger partial charge in [0.25, 0.3) is 0 Å². The van der Waals surface area contributed by atoms with Gasteiger partial charge in [-0.2, -0.15) is 0 Å². The van der Waals surface area contributed by atoms with E-state index in [1.165, 1.54) is 0 Å². The van der Waals surface area contributed by atoms with Gasteiger partial charge in [0.2, 0.25) is 0 Å². The minimum atomic E-state index is 0.462. The molecule has 6 heteroatoms. The fourth-order valence-electron chi connectivity index (χ4n) is 2.73. The van der Waals surface area contributed by atoms with E-state index >= 15 is 0 Å². The van der Waals surface area contributed by atoms with Crippen molar-refractivity contribution in [2.75, 3.05) is 13.7 Å². The second kappa shape index (κ2) is 10.5. The number of nitrogens with one attached hydrogen (secondary N) is 2. The Morgan fingerprint density at radius 2 is 1.88 bits per heavy atom. The fourth-order valence-corrected chi connectivity index (χ4v) is 2.73. The van der Waals surface area contributed by atoms with Gasteiger partial charge in [0.15, 0.2) is 11.7 Å². The molecule has 0 spiro atoms. The topological polar surface area (TPSA) is 71.7 Å². The van der Waals surface area contributed by atoms with Crippen molar-refractivity contribution in [1.82, 2.24) is 15.8 Å². The standard InChI is InChI=1S/C20H30N4O2/c1-5-16(6-2)19-12-18(26-24-19)14-23-20(21-7-3)22-13-15-8-10-17(25-4)11-9-15/h8-12,16H,5-7,13-14H2,1-4H3,(H2,21,22,23). The molecule has 0 amide bonds. The van der Waals surface area contributed by atoms with E-state index in [0.717, 1.165) is 48.1 Å². The number of aromatic nitrogens is 1. The van der Waals surface area contributed by atoms with E-state index in [9.17, 15) is 0 Å². The highest BCUT2D eigenvalue weighted by Gasteiger charge is 2.13. The lowest BCUT2D eigenvalue weighted by Gasteiger charge is -2.10. The maximum atomic E-state index is 5.46. The Kier molecular flexibility index (Phi) is 7.99. The molecule has 6 nitrogen and oxygen atoms in total. The quantitative estimate of drug-likeness (QED) is 0.526. The van der Waals surface area contributed by atoms with Crippen molar-refractivity contribution in [1.29, 1.82) is 0 Å². The number of hydrogen-bond donors (Lipinski definition) is 2. The normalized spacial score (nSPS) is 11.7. The van der Waals surface area contributed by atoms with Crippen LogP contribution in [-0.2, 0) is 13.1 Å². The predicted octanol–water partition coefficient (Wildman–Crippen LogP) is 3.84. The van der Waals surface area contributed by atoms with Crippen LogP contribution in [0.15, 0.2) is 39.8 Å². The lowest BCUT2D eigenvalue weighted by molar-refractivity contribution is 0.368. The van der Waals surface area contributed by atoms with Crippen LogP contribution in [0.1, 0.15) is 56.5 Å². The first kappa shape index (κ1) is 19.8. The monoisotopic (exact) mass is 358 g/mol. The third-order valence-corrected chi connectivity index (χ3v) is 4.33. The summed E-state index contributed by atoms with van der Waals surface area (Å²) in [4.78, 5) is 4.62. The molecule has 0 aliphatic carbocycles. The molecule has 26 heavy (non-hydrogen) atoms. The molecule has 0 atom stereocenters. The molecular formula is C20H30N4O2. The van der Waals surface area contributed by atoms with E-state index in [1.807, 2.05) is 37.3 Å². The summed E-state index contributed by atoms with van der Waals surface area (Å²) in [6.45, 7) is 8.34. The van der Waals surface area contributed by atoms with Crippen LogP contribution in [0.3, 0.4) is 0 Å². The van der Waals surface area contributed by atoms with Gasteiger partial charge in [-0.05, 0) is 37.5 Å². The summed E-state index contributed by atoms with van der Waals surface area (Å²) < 4.78 is 10.6. The summed E-state index contributed by atoms with van der Waals surface area (Å²) in [6.07, 6.45) is 2.14. The minimum Gasteiger partial charge on any atom is -0.497 e. The van der Waals surface area contributed by atoms with Gasteiger partial charge in [0, 0.05) is 18.5 Å². The molecular weight excluding hydrogens is 328 g/mol. The van der Waals surface area contributed by atoms with Crippen LogP contribution >= 0.6 is 0 Å². The molecule has 142 valence electrons. The van der Waals surface area contributed by atoms with Crippen molar-refractivity contribution in [3.05, 3.63) is 47.3 Å². The Labute approximate surface area is 156 Å². The molecule has 0 bridgehead atoms. The number of rotatable bonds is 9. The summed E-state index contributed by atoms with van der Waals surface area (Å²) in [5.74, 6) is 2.89. The molecule has 1 aromatic heterocycles. The zero-order valence-electron chi connectivity index (χ0n) is 16.2. The number of nitrogens with zero attached hydrogens (tertiary/aromatic N) is 2. The first-order chi connectivity index (χ1) is 12.7. The SMILES string of the molecule is CCNC(=NCc1ccc(OC)cc1)NCc1cc(C(CC)CC)no1. The molecule has 2 N–H and O–H groups in total. The first-order valence-electron chi connectivity index (χ1n) is 9.30. The zero-order valence-corrected chi connectivity index (χ0v) is 16.2. The van der Waals surface area contributed by atoms with Crippen molar-refractivity contribution in [3.8, 4) is 5.75 Å². The number of hydrogen-bond acceptors (Lipinski definition) is 4. The second-order valence-electron chi connectivity index (χ2n) is 6.13. The van der Waals surface area contributed by atoms with E-state index in [-0.39, 0.29) is 0 Å². The van der Waals surface area contributed by atoms with Gasteiger partial charge in [-0.15, -0.1) is 0 Å². The van der Waals surface area contributed by atoms with E-state index in [4.69, 9.17) is 9.26 Å². The summed E-state index contributed by atoms with van der Waals surface area (Å²) in [5, 5.41) is 10.8. The Morgan fingerprint density at radius 1 is 1.15 bits per heavy atom. The summed E-state index contributed by atoms with van der Waals surface area (Å²) in [7, 11) is 1.67. The summed E-state index contributed by atoms with van der Waals surface area (Å²) in [5.41, 5.74) is 2.16. The third-order valence-electron chi connectivity index (χ3n) is 4.33. The van der Waals surface area contributed by atoms with Crippen LogP contribution in [-0.4, -0.2) is 24.8 Å². The smallest absolute Gasteiger partial charge is 0.191 e. The molecule has 1 heterocycles. The fraction of sp³-hybridized carbons (Fsp3) is 0.500. The Hall–Kier alpha value is -2.50. The van der Waals surface area contributed by atoms with Crippen molar-refractivity contribution in [2.45, 2.75) is 52.6 Å². The van der Waals surface area contributed by atoms with E-state index in [2.05, 4.69) is 34.6 Å². The van der Waals surface area contributed by atoms with Crippen LogP contribution in [0.4, 0.5) is 0 Å². The number of aliphatic imine (C=N–C) groups is 1. The van der Waals surface area contributed by atoms with Gasteiger partial charge in [-0.25, -0.2) is 4.99 Å². The molecule has 1 aromatic carbocycles. The Balaban J connectivity index is 1.94. The van der Waals surface area contributed by atoms with Crippen LogP contribution in [0.2, 0.25) is 0 Å². The molecule has 0 saturated heterocycles. The lowest BCUT2D eigenvalue weighted by Crippen LogP contribution is -2.36.